The second kappa shape index (κ2) is 6.33. The van der Waals surface area contributed by atoms with Gasteiger partial charge < -0.3 is 10.6 Å². The van der Waals surface area contributed by atoms with Crippen LogP contribution in [-0.2, 0) is 0 Å². The summed E-state index contributed by atoms with van der Waals surface area (Å²) in [6.45, 7) is 9.32. The van der Waals surface area contributed by atoms with Crippen molar-refractivity contribution in [2.45, 2.75) is 46.0 Å². The molecule has 2 heterocycles. The zero-order chi connectivity index (χ0) is 13.8. The van der Waals surface area contributed by atoms with Crippen LogP contribution in [0.25, 0.3) is 0 Å². The Balaban J connectivity index is 2.16. The van der Waals surface area contributed by atoms with E-state index in [4.69, 9.17) is 10.7 Å². The number of nitrogens with two attached hydrogens (primary N) is 1. The minimum Gasteiger partial charge on any atom is -0.341 e. The molecule has 106 valence electrons. The van der Waals surface area contributed by atoms with Gasteiger partial charge in [-0.05, 0) is 50.6 Å². The van der Waals surface area contributed by atoms with Crippen molar-refractivity contribution in [2.24, 2.45) is 11.7 Å². The third kappa shape index (κ3) is 3.66. The fourth-order valence-corrected chi connectivity index (χ4v) is 2.73. The molecular weight excluding hydrogens is 236 g/mol. The number of aromatic nitrogens is 2. The lowest BCUT2D eigenvalue weighted by Gasteiger charge is -2.33. The van der Waals surface area contributed by atoms with E-state index in [1.807, 2.05) is 0 Å². The van der Waals surface area contributed by atoms with Crippen molar-refractivity contribution in [1.29, 1.82) is 0 Å². The van der Waals surface area contributed by atoms with Crippen LogP contribution < -0.4 is 10.6 Å². The fourth-order valence-electron chi connectivity index (χ4n) is 2.73. The van der Waals surface area contributed by atoms with Gasteiger partial charge in [0.05, 0.1) is 0 Å². The molecule has 1 saturated heterocycles. The molecule has 1 aliphatic rings. The number of anilines is 1. The lowest BCUT2D eigenvalue weighted by atomic mass is 9.95. The van der Waals surface area contributed by atoms with Crippen molar-refractivity contribution in [3.05, 3.63) is 17.5 Å². The monoisotopic (exact) mass is 262 g/mol. The van der Waals surface area contributed by atoms with Gasteiger partial charge in [0, 0.05) is 24.5 Å². The van der Waals surface area contributed by atoms with Crippen LogP contribution in [0.15, 0.2) is 6.07 Å². The van der Waals surface area contributed by atoms with Crippen molar-refractivity contribution in [3.63, 3.8) is 0 Å². The predicted molar refractivity (Wildman–Crippen MR) is 79.5 cm³/mol. The number of hydrogen-bond acceptors (Lipinski definition) is 4. The third-order valence-electron chi connectivity index (χ3n) is 3.83. The van der Waals surface area contributed by atoms with Crippen LogP contribution in [0.2, 0.25) is 0 Å². The molecule has 1 aromatic rings. The van der Waals surface area contributed by atoms with E-state index in [9.17, 15) is 0 Å². The van der Waals surface area contributed by atoms with Crippen LogP contribution in [0.1, 0.15) is 50.4 Å². The molecule has 1 fully saturated rings. The molecule has 0 bridgehead atoms. The summed E-state index contributed by atoms with van der Waals surface area (Å²) < 4.78 is 0. The number of nitrogens with zero attached hydrogens (tertiary/aromatic N) is 3. The highest BCUT2D eigenvalue weighted by molar-refractivity contribution is 5.33. The molecule has 0 radical (unpaired) electrons. The number of piperidine rings is 1. The Morgan fingerprint density at radius 2 is 2.21 bits per heavy atom. The van der Waals surface area contributed by atoms with Gasteiger partial charge in [-0.2, -0.15) is 0 Å². The van der Waals surface area contributed by atoms with E-state index in [1.165, 1.54) is 12.8 Å². The van der Waals surface area contributed by atoms with Gasteiger partial charge in [-0.3, -0.25) is 0 Å². The summed E-state index contributed by atoms with van der Waals surface area (Å²) >= 11 is 0. The van der Waals surface area contributed by atoms with Crippen LogP contribution >= 0.6 is 0 Å². The van der Waals surface area contributed by atoms with E-state index >= 15 is 0 Å². The van der Waals surface area contributed by atoms with Crippen LogP contribution in [0.5, 0.6) is 0 Å². The highest BCUT2D eigenvalue weighted by Crippen LogP contribution is 2.24. The Bertz CT molecular complexity index is 415. The molecule has 2 N–H and O–H groups in total. The van der Waals surface area contributed by atoms with E-state index in [0.717, 1.165) is 43.4 Å². The molecule has 1 unspecified atom stereocenters. The molecule has 4 heteroatoms. The first-order chi connectivity index (χ1) is 9.10. The fraction of sp³-hybridized carbons (Fsp3) is 0.733. The maximum Gasteiger partial charge on any atom is 0.225 e. The summed E-state index contributed by atoms with van der Waals surface area (Å²) in [4.78, 5) is 11.7. The zero-order valence-corrected chi connectivity index (χ0v) is 12.4. The highest BCUT2D eigenvalue weighted by Gasteiger charge is 2.21. The molecular formula is C15H26N4. The summed E-state index contributed by atoms with van der Waals surface area (Å²) in [6.07, 6.45) is 3.62. The first kappa shape index (κ1) is 14.3. The summed E-state index contributed by atoms with van der Waals surface area (Å²) in [5, 5.41) is 0. The average molecular weight is 262 g/mol. The number of rotatable bonds is 4. The van der Waals surface area contributed by atoms with Crippen molar-refractivity contribution < 1.29 is 0 Å². The van der Waals surface area contributed by atoms with Crippen molar-refractivity contribution >= 4 is 5.95 Å². The predicted octanol–water partition coefficient (Wildman–Crippen LogP) is 2.47. The normalized spacial score (nSPS) is 20.1. The molecule has 1 aliphatic heterocycles. The highest BCUT2D eigenvalue weighted by atomic mass is 15.3. The van der Waals surface area contributed by atoms with Gasteiger partial charge in [-0.25, -0.2) is 9.97 Å². The Labute approximate surface area is 116 Å². The van der Waals surface area contributed by atoms with Crippen molar-refractivity contribution in [1.82, 2.24) is 9.97 Å². The van der Waals surface area contributed by atoms with Gasteiger partial charge in [-0.1, -0.05) is 13.8 Å². The van der Waals surface area contributed by atoms with Crippen molar-refractivity contribution in [3.8, 4) is 0 Å². The van der Waals surface area contributed by atoms with Gasteiger partial charge in [0.1, 0.15) is 0 Å². The van der Waals surface area contributed by atoms with Crippen LogP contribution in [0.4, 0.5) is 5.95 Å². The van der Waals surface area contributed by atoms with Gasteiger partial charge >= 0.3 is 0 Å². The van der Waals surface area contributed by atoms with Crippen LogP contribution in [0.3, 0.4) is 0 Å². The van der Waals surface area contributed by atoms with Gasteiger partial charge in [0.25, 0.3) is 0 Å². The lowest BCUT2D eigenvalue weighted by Crippen LogP contribution is -2.37. The molecule has 0 saturated carbocycles. The van der Waals surface area contributed by atoms with Crippen LogP contribution in [-0.4, -0.2) is 29.6 Å². The second-order valence-corrected chi connectivity index (χ2v) is 5.92. The summed E-state index contributed by atoms with van der Waals surface area (Å²) in [6, 6.07) is 2.09. The largest absolute Gasteiger partial charge is 0.341 e. The maximum atomic E-state index is 5.68. The van der Waals surface area contributed by atoms with E-state index in [-0.39, 0.29) is 0 Å². The standard InChI is InChI=1S/C15H26N4/c1-11(2)14-9-12(3)17-15(18-14)19-8-4-5-13(10-19)6-7-16/h9,11,13H,4-8,10,16H2,1-3H3. The maximum absolute atomic E-state index is 5.68. The molecule has 0 aliphatic carbocycles. The van der Waals surface area contributed by atoms with Gasteiger partial charge in [0.2, 0.25) is 5.95 Å². The molecule has 0 aromatic carbocycles. The molecule has 0 spiro atoms. The van der Waals surface area contributed by atoms with Gasteiger partial charge in [0.15, 0.2) is 0 Å². The molecule has 19 heavy (non-hydrogen) atoms. The van der Waals surface area contributed by atoms with E-state index < -0.39 is 0 Å². The summed E-state index contributed by atoms with van der Waals surface area (Å²) in [5.74, 6) is 2.06. The minimum absolute atomic E-state index is 0.449. The molecule has 2 rings (SSSR count). The Hall–Kier alpha value is -1.16. The molecule has 1 aromatic heterocycles. The minimum atomic E-state index is 0.449. The first-order valence-corrected chi connectivity index (χ1v) is 7.40. The average Bonchev–Trinajstić information content (AvgIpc) is 2.38. The third-order valence-corrected chi connectivity index (χ3v) is 3.83. The second-order valence-electron chi connectivity index (χ2n) is 5.92. The van der Waals surface area contributed by atoms with Gasteiger partial charge in [-0.15, -0.1) is 0 Å². The first-order valence-electron chi connectivity index (χ1n) is 7.40. The van der Waals surface area contributed by atoms with Crippen molar-refractivity contribution in [2.75, 3.05) is 24.5 Å². The van der Waals surface area contributed by atoms with E-state index in [2.05, 4.69) is 36.7 Å². The van der Waals surface area contributed by atoms with Crippen LogP contribution in [0, 0.1) is 12.8 Å². The molecule has 0 amide bonds. The van der Waals surface area contributed by atoms with E-state index in [0.29, 0.717) is 11.8 Å². The smallest absolute Gasteiger partial charge is 0.225 e. The molecule has 1 atom stereocenters. The molecule has 4 nitrogen and oxygen atoms in total. The topological polar surface area (TPSA) is 55.0 Å². The Morgan fingerprint density at radius 1 is 1.42 bits per heavy atom. The SMILES string of the molecule is Cc1cc(C(C)C)nc(N2CCCC(CCN)C2)n1. The zero-order valence-electron chi connectivity index (χ0n) is 12.4. The Morgan fingerprint density at radius 3 is 2.89 bits per heavy atom. The lowest BCUT2D eigenvalue weighted by molar-refractivity contribution is 0.392. The summed E-state index contributed by atoms with van der Waals surface area (Å²) in [5.41, 5.74) is 7.89. The summed E-state index contributed by atoms with van der Waals surface area (Å²) in [7, 11) is 0. The number of hydrogen-bond donors (Lipinski definition) is 1. The quantitative estimate of drug-likeness (QED) is 0.905. The van der Waals surface area contributed by atoms with E-state index in [1.54, 1.807) is 0 Å². The Kier molecular flexibility index (Phi) is 4.75. The number of aryl methyl sites for hydroxylation is 1.